The standard InChI is InChI=1S/C15H24N2O3S/c1-11-10-20-12(2)9-17(11)21(18,19)15-7-5-6-14(8-15)13(3)16-4/h5-8,11-13,16H,9-10H2,1-4H3. The van der Waals surface area contributed by atoms with Gasteiger partial charge in [-0.2, -0.15) is 4.31 Å². The molecule has 5 nitrogen and oxygen atoms in total. The second-order valence-corrected chi connectivity index (χ2v) is 7.54. The summed E-state index contributed by atoms with van der Waals surface area (Å²) in [6, 6.07) is 7.12. The Bertz CT molecular complexity index is 588. The zero-order valence-electron chi connectivity index (χ0n) is 13.0. The molecule has 1 aliphatic heterocycles. The minimum Gasteiger partial charge on any atom is -0.375 e. The van der Waals surface area contributed by atoms with Gasteiger partial charge in [0, 0.05) is 18.6 Å². The number of ether oxygens (including phenoxy) is 1. The average molecular weight is 312 g/mol. The molecule has 3 atom stereocenters. The van der Waals surface area contributed by atoms with E-state index in [1.54, 1.807) is 22.5 Å². The van der Waals surface area contributed by atoms with Gasteiger partial charge in [-0.05, 0) is 45.5 Å². The smallest absolute Gasteiger partial charge is 0.243 e. The van der Waals surface area contributed by atoms with E-state index >= 15 is 0 Å². The third kappa shape index (κ3) is 3.45. The lowest BCUT2D eigenvalue weighted by atomic mass is 10.1. The average Bonchev–Trinajstić information content (AvgIpc) is 2.49. The molecule has 0 radical (unpaired) electrons. The van der Waals surface area contributed by atoms with Gasteiger partial charge in [0.15, 0.2) is 0 Å². The van der Waals surface area contributed by atoms with Gasteiger partial charge in [0.2, 0.25) is 10.0 Å². The largest absolute Gasteiger partial charge is 0.375 e. The lowest BCUT2D eigenvalue weighted by molar-refractivity contribution is -0.0170. The second kappa shape index (κ2) is 6.44. The topological polar surface area (TPSA) is 58.6 Å². The quantitative estimate of drug-likeness (QED) is 0.920. The van der Waals surface area contributed by atoms with Crippen LogP contribution in [0.1, 0.15) is 32.4 Å². The van der Waals surface area contributed by atoms with E-state index in [9.17, 15) is 8.42 Å². The van der Waals surface area contributed by atoms with Crippen LogP contribution in [0.4, 0.5) is 0 Å². The predicted octanol–water partition coefficient (Wildman–Crippen LogP) is 1.76. The summed E-state index contributed by atoms with van der Waals surface area (Å²) in [6.45, 7) is 6.62. The van der Waals surface area contributed by atoms with Crippen LogP contribution < -0.4 is 5.32 Å². The molecule has 1 aromatic carbocycles. The van der Waals surface area contributed by atoms with Crippen molar-refractivity contribution in [1.29, 1.82) is 0 Å². The summed E-state index contributed by atoms with van der Waals surface area (Å²) in [5, 5.41) is 3.13. The molecule has 21 heavy (non-hydrogen) atoms. The van der Waals surface area contributed by atoms with E-state index in [0.29, 0.717) is 18.0 Å². The first kappa shape index (κ1) is 16.4. The Morgan fingerprint density at radius 2 is 2.10 bits per heavy atom. The van der Waals surface area contributed by atoms with Crippen molar-refractivity contribution in [2.45, 2.75) is 43.9 Å². The van der Waals surface area contributed by atoms with Gasteiger partial charge in [-0.25, -0.2) is 8.42 Å². The molecule has 118 valence electrons. The van der Waals surface area contributed by atoms with Crippen LogP contribution in [-0.4, -0.2) is 45.1 Å². The Balaban J connectivity index is 2.35. The van der Waals surface area contributed by atoms with Crippen molar-refractivity contribution in [2.75, 3.05) is 20.2 Å². The summed E-state index contributed by atoms with van der Waals surface area (Å²) >= 11 is 0. The highest BCUT2D eigenvalue weighted by molar-refractivity contribution is 7.89. The molecule has 1 heterocycles. The number of nitrogens with one attached hydrogen (secondary N) is 1. The van der Waals surface area contributed by atoms with Gasteiger partial charge in [0.1, 0.15) is 0 Å². The molecule has 3 unspecified atom stereocenters. The molecule has 1 aromatic rings. The van der Waals surface area contributed by atoms with Crippen LogP contribution in [0.25, 0.3) is 0 Å². The maximum Gasteiger partial charge on any atom is 0.243 e. The van der Waals surface area contributed by atoms with Crippen molar-refractivity contribution in [1.82, 2.24) is 9.62 Å². The molecule has 1 fully saturated rings. The van der Waals surface area contributed by atoms with Crippen LogP contribution in [0, 0.1) is 0 Å². The Hall–Kier alpha value is -0.950. The van der Waals surface area contributed by atoms with Gasteiger partial charge in [-0.1, -0.05) is 12.1 Å². The van der Waals surface area contributed by atoms with Crippen LogP contribution >= 0.6 is 0 Å². The number of hydrogen-bond donors (Lipinski definition) is 1. The minimum absolute atomic E-state index is 0.0737. The molecule has 1 N–H and O–H groups in total. The van der Waals surface area contributed by atoms with Crippen molar-refractivity contribution in [3.63, 3.8) is 0 Å². The molecule has 0 amide bonds. The Labute approximate surface area is 127 Å². The number of hydrogen-bond acceptors (Lipinski definition) is 4. The van der Waals surface area contributed by atoms with Crippen molar-refractivity contribution < 1.29 is 13.2 Å². The first-order chi connectivity index (χ1) is 9.86. The third-order valence-electron chi connectivity index (χ3n) is 3.95. The fourth-order valence-electron chi connectivity index (χ4n) is 2.45. The van der Waals surface area contributed by atoms with Crippen molar-refractivity contribution in [2.24, 2.45) is 0 Å². The van der Waals surface area contributed by atoms with Gasteiger partial charge >= 0.3 is 0 Å². The normalized spacial score (nSPS) is 25.7. The molecule has 1 saturated heterocycles. The number of rotatable bonds is 4. The molecular weight excluding hydrogens is 288 g/mol. The molecule has 6 heteroatoms. The van der Waals surface area contributed by atoms with Gasteiger partial charge in [-0.15, -0.1) is 0 Å². The summed E-state index contributed by atoms with van der Waals surface area (Å²) in [5.41, 5.74) is 0.965. The van der Waals surface area contributed by atoms with Crippen molar-refractivity contribution in [3.05, 3.63) is 29.8 Å². The Morgan fingerprint density at radius 3 is 2.76 bits per heavy atom. The van der Waals surface area contributed by atoms with E-state index in [4.69, 9.17) is 4.74 Å². The van der Waals surface area contributed by atoms with E-state index in [-0.39, 0.29) is 18.2 Å². The van der Waals surface area contributed by atoms with E-state index in [1.165, 1.54) is 0 Å². The van der Waals surface area contributed by atoms with E-state index in [1.807, 2.05) is 33.9 Å². The lowest BCUT2D eigenvalue weighted by Crippen LogP contribution is -2.50. The third-order valence-corrected chi connectivity index (χ3v) is 5.92. The monoisotopic (exact) mass is 312 g/mol. The fourth-order valence-corrected chi connectivity index (χ4v) is 4.20. The highest BCUT2D eigenvalue weighted by Crippen LogP contribution is 2.24. The molecule has 0 bridgehead atoms. The van der Waals surface area contributed by atoms with Crippen LogP contribution in [0.5, 0.6) is 0 Å². The van der Waals surface area contributed by atoms with Gasteiger partial charge in [-0.3, -0.25) is 0 Å². The van der Waals surface area contributed by atoms with E-state index < -0.39 is 10.0 Å². The lowest BCUT2D eigenvalue weighted by Gasteiger charge is -2.35. The summed E-state index contributed by atoms with van der Waals surface area (Å²) in [6.07, 6.45) is -0.0737. The van der Waals surface area contributed by atoms with E-state index in [0.717, 1.165) is 5.56 Å². The van der Waals surface area contributed by atoms with Crippen LogP contribution in [0.2, 0.25) is 0 Å². The molecule has 0 saturated carbocycles. The SMILES string of the molecule is CNC(C)c1cccc(S(=O)(=O)N2CC(C)OCC2C)c1. The number of nitrogens with zero attached hydrogens (tertiary/aromatic N) is 1. The zero-order valence-corrected chi connectivity index (χ0v) is 13.9. The Kier molecular flexibility index (Phi) is 5.03. The summed E-state index contributed by atoms with van der Waals surface area (Å²) < 4.78 is 32.8. The number of sulfonamides is 1. The fraction of sp³-hybridized carbons (Fsp3) is 0.600. The predicted molar refractivity (Wildman–Crippen MR) is 82.7 cm³/mol. The van der Waals surface area contributed by atoms with Gasteiger partial charge in [0.25, 0.3) is 0 Å². The molecule has 0 spiro atoms. The first-order valence-electron chi connectivity index (χ1n) is 7.27. The highest BCUT2D eigenvalue weighted by atomic mass is 32.2. The Morgan fingerprint density at radius 1 is 1.38 bits per heavy atom. The summed E-state index contributed by atoms with van der Waals surface area (Å²) in [5.74, 6) is 0. The van der Waals surface area contributed by atoms with Crippen LogP contribution in [0.15, 0.2) is 29.2 Å². The number of benzene rings is 1. The van der Waals surface area contributed by atoms with Crippen LogP contribution in [-0.2, 0) is 14.8 Å². The summed E-state index contributed by atoms with van der Waals surface area (Å²) in [4.78, 5) is 0.350. The molecule has 0 aliphatic carbocycles. The highest BCUT2D eigenvalue weighted by Gasteiger charge is 2.34. The molecule has 1 aliphatic rings. The van der Waals surface area contributed by atoms with E-state index in [2.05, 4.69) is 5.32 Å². The number of morpholine rings is 1. The van der Waals surface area contributed by atoms with Crippen molar-refractivity contribution >= 4 is 10.0 Å². The first-order valence-corrected chi connectivity index (χ1v) is 8.71. The molecule has 2 rings (SSSR count). The van der Waals surface area contributed by atoms with Crippen LogP contribution in [0.3, 0.4) is 0 Å². The van der Waals surface area contributed by atoms with Crippen molar-refractivity contribution in [3.8, 4) is 0 Å². The molecular formula is C15H24N2O3S. The maximum atomic E-state index is 12.9. The molecule has 0 aromatic heterocycles. The zero-order chi connectivity index (χ0) is 15.6. The van der Waals surface area contributed by atoms with Gasteiger partial charge < -0.3 is 10.1 Å². The maximum absolute atomic E-state index is 12.9. The van der Waals surface area contributed by atoms with Gasteiger partial charge in [0.05, 0.1) is 17.6 Å². The minimum atomic E-state index is -3.48. The second-order valence-electron chi connectivity index (χ2n) is 5.65. The summed E-state index contributed by atoms with van der Waals surface area (Å²) in [7, 11) is -1.62.